The Bertz CT molecular complexity index is 783. The number of benzene rings is 1. The second kappa shape index (κ2) is 7.61. The van der Waals surface area contributed by atoms with Gasteiger partial charge in [-0.25, -0.2) is 4.79 Å². The first-order chi connectivity index (χ1) is 12.5. The third kappa shape index (κ3) is 3.57. The number of anilines is 1. The van der Waals surface area contributed by atoms with Gasteiger partial charge in [-0.2, -0.15) is 0 Å². The van der Waals surface area contributed by atoms with Gasteiger partial charge in [0.2, 0.25) is 11.7 Å². The number of carbonyl (C=O) groups excluding carboxylic acids is 2. The topological polar surface area (TPSA) is 72.2 Å². The van der Waals surface area contributed by atoms with Gasteiger partial charge in [0.15, 0.2) is 0 Å². The van der Waals surface area contributed by atoms with Gasteiger partial charge < -0.3 is 18.8 Å². The van der Waals surface area contributed by atoms with E-state index in [2.05, 4.69) is 4.74 Å². The SMILES string of the molecule is COC(=O)c1ccc(CN2CCN(c3ccc(OC)cc3)C(=O)[C@@H]2C)o1. The van der Waals surface area contributed by atoms with E-state index >= 15 is 0 Å². The summed E-state index contributed by atoms with van der Waals surface area (Å²) >= 11 is 0. The third-order valence-corrected chi connectivity index (χ3v) is 4.57. The number of rotatable bonds is 5. The van der Waals surface area contributed by atoms with Gasteiger partial charge in [-0.15, -0.1) is 0 Å². The van der Waals surface area contributed by atoms with Gasteiger partial charge in [0.25, 0.3) is 0 Å². The lowest BCUT2D eigenvalue weighted by Crippen LogP contribution is -2.55. The summed E-state index contributed by atoms with van der Waals surface area (Å²) in [6.07, 6.45) is 0. The Balaban J connectivity index is 1.67. The van der Waals surface area contributed by atoms with E-state index in [4.69, 9.17) is 9.15 Å². The largest absolute Gasteiger partial charge is 0.497 e. The monoisotopic (exact) mass is 358 g/mol. The normalized spacial score (nSPS) is 18.0. The van der Waals surface area contributed by atoms with Gasteiger partial charge >= 0.3 is 5.97 Å². The second-order valence-electron chi connectivity index (χ2n) is 6.09. The molecule has 1 aromatic carbocycles. The van der Waals surface area contributed by atoms with Crippen LogP contribution < -0.4 is 9.64 Å². The molecule has 0 bridgehead atoms. The van der Waals surface area contributed by atoms with Crippen LogP contribution in [0.25, 0.3) is 0 Å². The number of esters is 1. The minimum Gasteiger partial charge on any atom is -0.497 e. The molecule has 1 aliphatic heterocycles. The molecular weight excluding hydrogens is 336 g/mol. The number of nitrogens with zero attached hydrogens (tertiary/aromatic N) is 2. The van der Waals surface area contributed by atoms with Crippen molar-refractivity contribution in [2.45, 2.75) is 19.5 Å². The molecule has 1 aromatic heterocycles. The Labute approximate surface area is 152 Å². The number of methoxy groups -OCH3 is 2. The molecule has 1 aliphatic rings. The zero-order chi connectivity index (χ0) is 18.7. The molecule has 0 unspecified atom stereocenters. The predicted octanol–water partition coefficient (Wildman–Crippen LogP) is 2.31. The van der Waals surface area contributed by atoms with Gasteiger partial charge in [0.05, 0.1) is 26.8 Å². The van der Waals surface area contributed by atoms with E-state index in [1.165, 1.54) is 7.11 Å². The maximum absolute atomic E-state index is 12.8. The van der Waals surface area contributed by atoms with E-state index < -0.39 is 5.97 Å². The number of ether oxygens (including phenoxy) is 2. The first kappa shape index (κ1) is 18.0. The molecule has 1 amide bonds. The van der Waals surface area contributed by atoms with E-state index in [1.807, 2.05) is 36.1 Å². The Kier molecular flexibility index (Phi) is 5.27. The van der Waals surface area contributed by atoms with Crippen molar-refractivity contribution in [3.63, 3.8) is 0 Å². The van der Waals surface area contributed by atoms with Gasteiger partial charge in [-0.05, 0) is 43.3 Å². The predicted molar refractivity (Wildman–Crippen MR) is 95.3 cm³/mol. The number of furan rings is 1. The molecule has 1 saturated heterocycles. The molecule has 138 valence electrons. The van der Waals surface area contributed by atoms with Crippen LogP contribution >= 0.6 is 0 Å². The van der Waals surface area contributed by atoms with Crippen LogP contribution in [-0.2, 0) is 16.1 Å². The number of hydrogen-bond acceptors (Lipinski definition) is 6. The fourth-order valence-corrected chi connectivity index (χ4v) is 3.02. The zero-order valence-corrected chi connectivity index (χ0v) is 15.1. The van der Waals surface area contributed by atoms with Crippen molar-refractivity contribution in [3.05, 3.63) is 47.9 Å². The van der Waals surface area contributed by atoms with Crippen molar-refractivity contribution in [2.24, 2.45) is 0 Å². The molecule has 7 heteroatoms. The number of piperazine rings is 1. The molecule has 0 radical (unpaired) electrons. The van der Waals surface area contributed by atoms with Crippen molar-refractivity contribution in [2.75, 3.05) is 32.2 Å². The number of hydrogen-bond donors (Lipinski definition) is 0. The minimum absolute atomic E-state index is 0.0289. The maximum atomic E-state index is 12.8. The Morgan fingerprint density at radius 1 is 1.15 bits per heavy atom. The van der Waals surface area contributed by atoms with E-state index in [9.17, 15) is 9.59 Å². The fraction of sp³-hybridized carbons (Fsp3) is 0.368. The number of amides is 1. The Morgan fingerprint density at radius 3 is 2.54 bits per heavy atom. The Morgan fingerprint density at radius 2 is 1.88 bits per heavy atom. The fourth-order valence-electron chi connectivity index (χ4n) is 3.02. The van der Waals surface area contributed by atoms with Gasteiger partial charge in [-0.1, -0.05) is 0 Å². The molecule has 3 rings (SSSR count). The molecule has 0 spiro atoms. The average molecular weight is 358 g/mol. The number of carbonyl (C=O) groups is 2. The molecule has 1 atom stereocenters. The van der Waals surface area contributed by atoms with E-state index in [0.717, 1.165) is 11.4 Å². The first-order valence-corrected chi connectivity index (χ1v) is 8.40. The lowest BCUT2D eigenvalue weighted by Gasteiger charge is -2.38. The van der Waals surface area contributed by atoms with Crippen molar-refractivity contribution >= 4 is 17.6 Å². The summed E-state index contributed by atoms with van der Waals surface area (Å²) < 4.78 is 15.3. The van der Waals surface area contributed by atoms with Crippen molar-refractivity contribution in [1.82, 2.24) is 4.90 Å². The summed E-state index contributed by atoms with van der Waals surface area (Å²) in [5.41, 5.74) is 0.855. The molecule has 0 saturated carbocycles. The van der Waals surface area contributed by atoms with Crippen LogP contribution in [0.15, 0.2) is 40.8 Å². The highest BCUT2D eigenvalue weighted by Gasteiger charge is 2.32. The average Bonchev–Trinajstić information content (AvgIpc) is 3.14. The van der Waals surface area contributed by atoms with Crippen LogP contribution in [0, 0.1) is 0 Å². The van der Waals surface area contributed by atoms with Crippen LogP contribution in [0.1, 0.15) is 23.2 Å². The van der Waals surface area contributed by atoms with Crippen LogP contribution in [0.2, 0.25) is 0 Å². The van der Waals surface area contributed by atoms with Crippen molar-refractivity contribution < 1.29 is 23.5 Å². The highest BCUT2D eigenvalue weighted by molar-refractivity contribution is 5.97. The van der Waals surface area contributed by atoms with Crippen LogP contribution in [-0.4, -0.2) is 50.1 Å². The summed E-state index contributed by atoms with van der Waals surface area (Å²) in [6, 6.07) is 10.5. The van der Waals surface area contributed by atoms with Crippen LogP contribution in [0.3, 0.4) is 0 Å². The summed E-state index contributed by atoms with van der Waals surface area (Å²) in [6.45, 7) is 3.62. The molecule has 2 aromatic rings. The highest BCUT2D eigenvalue weighted by atomic mass is 16.5. The highest BCUT2D eigenvalue weighted by Crippen LogP contribution is 2.24. The lowest BCUT2D eigenvalue weighted by molar-refractivity contribution is -0.125. The molecule has 0 N–H and O–H groups in total. The molecule has 26 heavy (non-hydrogen) atoms. The lowest BCUT2D eigenvalue weighted by atomic mass is 10.1. The molecule has 0 aliphatic carbocycles. The summed E-state index contributed by atoms with van der Waals surface area (Å²) in [5, 5.41) is 0. The maximum Gasteiger partial charge on any atom is 0.373 e. The summed E-state index contributed by atoms with van der Waals surface area (Å²) in [5.74, 6) is 1.07. The Hall–Kier alpha value is -2.80. The van der Waals surface area contributed by atoms with Crippen LogP contribution in [0.4, 0.5) is 5.69 Å². The van der Waals surface area contributed by atoms with E-state index in [-0.39, 0.29) is 17.7 Å². The van der Waals surface area contributed by atoms with Gasteiger partial charge in [0, 0.05) is 18.8 Å². The molecule has 2 heterocycles. The summed E-state index contributed by atoms with van der Waals surface area (Å²) in [7, 11) is 2.92. The molecule has 1 fully saturated rings. The minimum atomic E-state index is -0.510. The van der Waals surface area contributed by atoms with E-state index in [1.54, 1.807) is 24.1 Å². The zero-order valence-electron chi connectivity index (χ0n) is 15.1. The van der Waals surface area contributed by atoms with E-state index in [0.29, 0.717) is 25.4 Å². The van der Waals surface area contributed by atoms with Crippen molar-refractivity contribution in [1.29, 1.82) is 0 Å². The quantitative estimate of drug-likeness (QED) is 0.764. The standard InChI is InChI=1S/C19H22N2O5/c1-13-18(22)21(14-4-6-15(24-2)7-5-14)11-10-20(13)12-16-8-9-17(26-16)19(23)25-3/h4-9,13H,10-12H2,1-3H3/t13-/m0/s1. The van der Waals surface area contributed by atoms with Gasteiger partial charge in [0.1, 0.15) is 11.5 Å². The first-order valence-electron chi connectivity index (χ1n) is 8.40. The third-order valence-electron chi connectivity index (χ3n) is 4.57. The molecular formula is C19H22N2O5. The van der Waals surface area contributed by atoms with Crippen LogP contribution in [0.5, 0.6) is 5.75 Å². The molecule has 7 nitrogen and oxygen atoms in total. The second-order valence-corrected chi connectivity index (χ2v) is 6.09. The van der Waals surface area contributed by atoms with Gasteiger partial charge in [-0.3, -0.25) is 9.69 Å². The van der Waals surface area contributed by atoms with Crippen molar-refractivity contribution in [3.8, 4) is 5.75 Å². The smallest absolute Gasteiger partial charge is 0.373 e. The summed E-state index contributed by atoms with van der Waals surface area (Å²) in [4.78, 5) is 28.1.